The Bertz CT molecular complexity index is 1230. The highest BCUT2D eigenvalue weighted by molar-refractivity contribution is 6.04. The van der Waals surface area contributed by atoms with Crippen molar-refractivity contribution in [2.75, 3.05) is 5.32 Å². The molecule has 0 fully saturated rings. The number of carbonyl (C=O) groups excluding carboxylic acids is 1. The van der Waals surface area contributed by atoms with Crippen molar-refractivity contribution in [2.24, 2.45) is 0 Å². The molecule has 0 radical (unpaired) electrons. The van der Waals surface area contributed by atoms with Crippen molar-refractivity contribution in [1.82, 2.24) is 29.8 Å². The lowest BCUT2D eigenvalue weighted by molar-refractivity contribution is 0.102. The van der Waals surface area contributed by atoms with Gasteiger partial charge in [-0.2, -0.15) is 5.10 Å². The summed E-state index contributed by atoms with van der Waals surface area (Å²) in [6, 6.07) is 9.46. The number of unbranched alkanes of at least 4 members (excludes halogenated alkanes) is 2. The summed E-state index contributed by atoms with van der Waals surface area (Å²) in [7, 11) is 0. The number of rotatable bonds is 6. The van der Waals surface area contributed by atoms with Crippen LogP contribution in [0.5, 0.6) is 0 Å². The summed E-state index contributed by atoms with van der Waals surface area (Å²) in [6.45, 7) is 2.52. The van der Waals surface area contributed by atoms with Crippen LogP contribution in [0.15, 0.2) is 55.1 Å². The van der Waals surface area contributed by atoms with Gasteiger partial charge in [-0.25, -0.2) is 9.36 Å². The van der Waals surface area contributed by atoms with Gasteiger partial charge in [-0.15, -0.1) is 5.10 Å². The minimum absolute atomic E-state index is 0.259. The highest BCUT2D eigenvalue weighted by Crippen LogP contribution is 2.12. The van der Waals surface area contributed by atoms with Crippen LogP contribution in [0.4, 0.5) is 5.69 Å². The van der Waals surface area contributed by atoms with Gasteiger partial charge >= 0.3 is 0 Å². The van der Waals surface area contributed by atoms with Crippen molar-refractivity contribution in [3.05, 3.63) is 66.2 Å². The number of aromatic nitrogens is 6. The van der Waals surface area contributed by atoms with Gasteiger partial charge in [0.2, 0.25) is 0 Å². The van der Waals surface area contributed by atoms with Crippen LogP contribution in [-0.4, -0.2) is 35.7 Å². The molecule has 0 atom stereocenters. The highest BCUT2D eigenvalue weighted by Gasteiger charge is 2.10. The molecule has 3 aromatic heterocycles. The largest absolute Gasteiger partial charge is 0.319 e. The van der Waals surface area contributed by atoms with Crippen molar-refractivity contribution < 1.29 is 4.79 Å². The molecule has 3 heterocycles. The third-order valence-corrected chi connectivity index (χ3v) is 4.48. The first-order valence-corrected chi connectivity index (χ1v) is 9.79. The van der Waals surface area contributed by atoms with Crippen molar-refractivity contribution in [3.8, 4) is 11.8 Å². The van der Waals surface area contributed by atoms with Crippen LogP contribution >= 0.6 is 0 Å². The topological polar surface area (TPSA) is 90.5 Å². The van der Waals surface area contributed by atoms with Crippen molar-refractivity contribution in [1.29, 1.82) is 0 Å². The Morgan fingerprint density at radius 3 is 3.00 bits per heavy atom. The van der Waals surface area contributed by atoms with Gasteiger partial charge in [-0.1, -0.05) is 42.5 Å². The normalized spacial score (nSPS) is 10.6. The highest BCUT2D eigenvalue weighted by atomic mass is 16.1. The zero-order chi connectivity index (χ0) is 20.8. The second-order valence-electron chi connectivity index (χ2n) is 6.81. The van der Waals surface area contributed by atoms with Gasteiger partial charge in [-0.05, 0) is 24.6 Å². The molecule has 8 heteroatoms. The monoisotopic (exact) mass is 399 g/mol. The third kappa shape index (κ3) is 4.52. The van der Waals surface area contributed by atoms with Gasteiger partial charge < -0.3 is 5.32 Å². The van der Waals surface area contributed by atoms with Crippen molar-refractivity contribution in [3.63, 3.8) is 0 Å². The average molecular weight is 399 g/mol. The van der Waals surface area contributed by atoms with Gasteiger partial charge in [0.1, 0.15) is 12.2 Å². The number of carbonyl (C=O) groups is 1. The van der Waals surface area contributed by atoms with E-state index < -0.39 is 0 Å². The summed E-state index contributed by atoms with van der Waals surface area (Å²) in [6.07, 6.45) is 9.54. The minimum atomic E-state index is -0.259. The lowest BCUT2D eigenvalue weighted by Gasteiger charge is -2.03. The average Bonchev–Trinajstić information content (AvgIpc) is 3.39. The SMILES string of the molecule is CCCCC#Cc1cncc(C(=O)Nc2cnn(Cn3nnc4ccccc43)c2)c1. The van der Waals surface area contributed by atoms with Gasteiger partial charge in [0.15, 0.2) is 0 Å². The molecule has 30 heavy (non-hydrogen) atoms. The number of hydrogen-bond donors (Lipinski definition) is 1. The first kappa shape index (κ1) is 19.3. The molecule has 0 unspecified atom stereocenters. The summed E-state index contributed by atoms with van der Waals surface area (Å²) >= 11 is 0. The third-order valence-electron chi connectivity index (χ3n) is 4.48. The first-order chi connectivity index (χ1) is 14.7. The van der Waals surface area contributed by atoms with Crippen molar-refractivity contribution >= 4 is 22.6 Å². The van der Waals surface area contributed by atoms with Crippen LogP contribution in [0.2, 0.25) is 0 Å². The fraction of sp³-hybridized carbons (Fsp3) is 0.227. The first-order valence-electron chi connectivity index (χ1n) is 9.79. The van der Waals surface area contributed by atoms with Crippen LogP contribution in [-0.2, 0) is 6.67 Å². The number of benzene rings is 1. The maximum Gasteiger partial charge on any atom is 0.257 e. The van der Waals surface area contributed by atoms with Crippen LogP contribution in [0.1, 0.15) is 42.1 Å². The summed E-state index contributed by atoms with van der Waals surface area (Å²) in [5.74, 6) is 5.91. The van der Waals surface area contributed by atoms with Gasteiger partial charge in [0, 0.05) is 24.4 Å². The number of amides is 1. The van der Waals surface area contributed by atoms with Gasteiger partial charge in [-0.3, -0.25) is 9.78 Å². The lowest BCUT2D eigenvalue weighted by atomic mass is 10.2. The van der Waals surface area contributed by atoms with E-state index in [-0.39, 0.29) is 5.91 Å². The smallest absolute Gasteiger partial charge is 0.257 e. The number of para-hydroxylation sites is 1. The Kier molecular flexibility index (Phi) is 5.80. The maximum absolute atomic E-state index is 12.6. The van der Waals surface area contributed by atoms with Gasteiger partial charge in [0.25, 0.3) is 5.91 Å². The Morgan fingerprint density at radius 1 is 1.20 bits per heavy atom. The number of nitrogens with zero attached hydrogens (tertiary/aromatic N) is 6. The molecule has 8 nitrogen and oxygen atoms in total. The molecule has 4 rings (SSSR count). The molecular weight excluding hydrogens is 378 g/mol. The lowest BCUT2D eigenvalue weighted by Crippen LogP contribution is -2.12. The predicted molar refractivity (Wildman–Crippen MR) is 114 cm³/mol. The molecule has 150 valence electrons. The Labute approximate surface area is 173 Å². The molecule has 0 saturated heterocycles. The Balaban J connectivity index is 1.42. The molecule has 1 N–H and O–H groups in total. The number of fused-ring (bicyclic) bond motifs is 1. The van der Waals surface area contributed by atoms with Gasteiger partial charge in [0.05, 0.1) is 29.2 Å². The molecule has 0 aliphatic heterocycles. The molecule has 1 aromatic carbocycles. The molecule has 4 aromatic rings. The molecule has 0 aliphatic carbocycles. The quantitative estimate of drug-likeness (QED) is 0.397. The molecule has 0 spiro atoms. The Hall–Kier alpha value is -3.99. The van der Waals surface area contributed by atoms with E-state index >= 15 is 0 Å². The van der Waals surface area contributed by atoms with Crippen LogP contribution < -0.4 is 5.32 Å². The number of anilines is 1. The van der Waals surface area contributed by atoms with E-state index in [1.165, 1.54) is 6.20 Å². The van der Waals surface area contributed by atoms with Crippen LogP contribution in [0.3, 0.4) is 0 Å². The van der Waals surface area contributed by atoms with Crippen LogP contribution in [0, 0.1) is 11.8 Å². The summed E-state index contributed by atoms with van der Waals surface area (Å²) in [4.78, 5) is 16.7. The second-order valence-corrected chi connectivity index (χ2v) is 6.81. The molecule has 0 aliphatic rings. The molecular formula is C22H21N7O. The Morgan fingerprint density at radius 2 is 2.10 bits per heavy atom. The number of nitrogens with one attached hydrogen (secondary N) is 1. The number of hydrogen-bond acceptors (Lipinski definition) is 5. The van der Waals surface area contributed by atoms with E-state index in [4.69, 9.17) is 0 Å². The van der Waals surface area contributed by atoms with E-state index in [1.807, 2.05) is 24.3 Å². The number of pyridine rings is 1. The van der Waals surface area contributed by atoms with Crippen LogP contribution in [0.25, 0.3) is 11.0 Å². The maximum atomic E-state index is 12.6. The standard InChI is InChI=1S/C22H21N7O/c1-2-3-4-5-8-17-11-18(13-23-12-17)22(30)25-19-14-24-28(15-19)16-29-21-10-7-6-9-20(21)26-27-29/h6-7,9-15H,2-4,16H2,1H3,(H,25,30). The van der Waals surface area contributed by atoms with E-state index in [9.17, 15) is 4.79 Å². The fourth-order valence-corrected chi connectivity index (χ4v) is 2.93. The van der Waals surface area contributed by atoms with E-state index in [2.05, 4.69) is 44.5 Å². The zero-order valence-corrected chi connectivity index (χ0v) is 16.6. The van der Waals surface area contributed by atoms with Crippen molar-refractivity contribution in [2.45, 2.75) is 32.9 Å². The molecule has 0 saturated carbocycles. The second kappa shape index (κ2) is 9.01. The predicted octanol–water partition coefficient (Wildman–Crippen LogP) is 3.32. The minimum Gasteiger partial charge on any atom is -0.319 e. The van der Waals surface area contributed by atoms with E-state index in [1.54, 1.807) is 34.0 Å². The summed E-state index contributed by atoms with van der Waals surface area (Å²) in [5.41, 5.74) is 3.51. The summed E-state index contributed by atoms with van der Waals surface area (Å²) in [5, 5.41) is 15.4. The molecule has 0 bridgehead atoms. The van der Waals surface area contributed by atoms with E-state index in [0.29, 0.717) is 17.9 Å². The fourth-order valence-electron chi connectivity index (χ4n) is 2.93. The summed E-state index contributed by atoms with van der Waals surface area (Å²) < 4.78 is 3.43. The zero-order valence-electron chi connectivity index (χ0n) is 16.6. The molecule has 1 amide bonds. The van der Waals surface area contributed by atoms with E-state index in [0.717, 1.165) is 35.9 Å².